The summed E-state index contributed by atoms with van der Waals surface area (Å²) in [5.41, 5.74) is -0.538. The summed E-state index contributed by atoms with van der Waals surface area (Å²) in [4.78, 5) is 52.5. The highest BCUT2D eigenvalue weighted by molar-refractivity contribution is 6.03. The number of amides is 1. The first-order valence-corrected chi connectivity index (χ1v) is 8.64. The molecule has 0 saturated heterocycles. The Morgan fingerprint density at radius 3 is 2.61 bits per heavy atom. The number of rotatable bonds is 7. The van der Waals surface area contributed by atoms with Gasteiger partial charge in [0.2, 0.25) is 5.71 Å². The molecule has 1 unspecified atom stereocenters. The molecule has 0 fully saturated rings. The van der Waals surface area contributed by atoms with E-state index in [-0.39, 0.29) is 28.3 Å². The second kappa shape index (κ2) is 8.68. The van der Waals surface area contributed by atoms with Crippen LogP contribution in [0.4, 0.5) is 0 Å². The molecular weight excluding hydrogens is 370 g/mol. The zero-order valence-electron chi connectivity index (χ0n) is 16.4. The number of fused-ring (bicyclic) bond motifs is 1. The van der Waals surface area contributed by atoms with Crippen molar-refractivity contribution < 1.29 is 28.3 Å². The highest BCUT2D eigenvalue weighted by Crippen LogP contribution is 2.21. The minimum atomic E-state index is -0.894. The van der Waals surface area contributed by atoms with Crippen molar-refractivity contribution in [2.75, 3.05) is 13.7 Å². The number of nitrogens with one attached hydrogen (secondary N) is 1. The Labute approximate surface area is 160 Å². The fraction of sp³-hybridized carbons (Fsp3) is 0.500. The Kier molecular flexibility index (Phi) is 6.55. The Balaban J connectivity index is 2.12. The predicted octanol–water partition coefficient (Wildman–Crippen LogP) is 0.696. The van der Waals surface area contributed by atoms with E-state index in [2.05, 4.69) is 15.0 Å². The molecule has 2 rings (SSSR count). The molecule has 1 atom stereocenters. The lowest BCUT2D eigenvalue weighted by Crippen LogP contribution is -2.44. The molecule has 1 N–H and O–H groups in total. The van der Waals surface area contributed by atoms with E-state index in [1.807, 2.05) is 13.8 Å². The average molecular weight is 393 g/mol. The summed E-state index contributed by atoms with van der Waals surface area (Å²) >= 11 is 0. The third-order valence-electron chi connectivity index (χ3n) is 4.01. The van der Waals surface area contributed by atoms with Gasteiger partial charge < -0.3 is 23.8 Å². The van der Waals surface area contributed by atoms with Crippen LogP contribution in [0.3, 0.4) is 0 Å². The van der Waals surface area contributed by atoms with E-state index in [1.54, 1.807) is 0 Å². The summed E-state index contributed by atoms with van der Waals surface area (Å²) in [5, 5.41) is 2.47. The van der Waals surface area contributed by atoms with E-state index in [9.17, 15) is 19.2 Å². The van der Waals surface area contributed by atoms with Crippen LogP contribution < -0.4 is 10.9 Å². The number of esters is 2. The lowest BCUT2D eigenvalue weighted by atomic mass is 10.0. The van der Waals surface area contributed by atoms with E-state index < -0.39 is 36.1 Å². The zero-order chi connectivity index (χ0) is 21.0. The first-order valence-electron chi connectivity index (χ1n) is 8.64. The van der Waals surface area contributed by atoms with Crippen molar-refractivity contribution in [1.29, 1.82) is 0 Å². The van der Waals surface area contributed by atoms with Crippen LogP contribution >= 0.6 is 0 Å². The van der Waals surface area contributed by atoms with Crippen molar-refractivity contribution in [2.45, 2.75) is 33.2 Å². The van der Waals surface area contributed by atoms with Crippen LogP contribution in [-0.2, 0) is 26.1 Å². The lowest BCUT2D eigenvalue weighted by Gasteiger charge is -2.18. The van der Waals surface area contributed by atoms with Crippen LogP contribution in [0.1, 0.15) is 36.4 Å². The number of furan rings is 1. The molecule has 0 spiro atoms. The minimum Gasteiger partial charge on any atom is -0.467 e. The molecule has 0 aliphatic heterocycles. The summed E-state index contributed by atoms with van der Waals surface area (Å²) in [6.07, 6.45) is 1.65. The fourth-order valence-electron chi connectivity index (χ4n) is 2.70. The van der Waals surface area contributed by atoms with Gasteiger partial charge in [-0.2, -0.15) is 0 Å². The number of aromatic nitrogens is 2. The van der Waals surface area contributed by atoms with Crippen LogP contribution in [0.2, 0.25) is 0 Å². The molecule has 2 aromatic heterocycles. The molecule has 10 nitrogen and oxygen atoms in total. The topological polar surface area (TPSA) is 130 Å². The SMILES string of the molecule is COC(=O)C(CC(C)C)NC(=O)COC(=O)c1c(C)oc2ncn(C)c(=O)c12. The van der Waals surface area contributed by atoms with Crippen LogP contribution in [0, 0.1) is 12.8 Å². The van der Waals surface area contributed by atoms with Crippen molar-refractivity contribution in [3.63, 3.8) is 0 Å². The van der Waals surface area contributed by atoms with Gasteiger partial charge in [0.05, 0.1) is 7.11 Å². The Morgan fingerprint density at radius 2 is 2.00 bits per heavy atom. The molecular formula is C18H23N3O7. The molecule has 0 aliphatic rings. The summed E-state index contributed by atoms with van der Waals surface area (Å²) in [6, 6.07) is -0.843. The number of aryl methyl sites for hydroxylation is 2. The summed E-state index contributed by atoms with van der Waals surface area (Å²) in [6.45, 7) is 4.65. The van der Waals surface area contributed by atoms with Crippen molar-refractivity contribution in [1.82, 2.24) is 14.9 Å². The predicted molar refractivity (Wildman–Crippen MR) is 97.7 cm³/mol. The summed E-state index contributed by atoms with van der Waals surface area (Å²) < 4.78 is 16.2. The van der Waals surface area contributed by atoms with Crippen LogP contribution in [0.25, 0.3) is 11.1 Å². The smallest absolute Gasteiger partial charge is 0.343 e. The third kappa shape index (κ3) is 4.56. The highest BCUT2D eigenvalue weighted by atomic mass is 16.5. The van der Waals surface area contributed by atoms with E-state index >= 15 is 0 Å². The molecule has 2 heterocycles. The summed E-state index contributed by atoms with van der Waals surface area (Å²) in [7, 11) is 2.71. The number of nitrogens with zero attached hydrogens (tertiary/aromatic N) is 2. The first-order chi connectivity index (χ1) is 13.1. The summed E-state index contributed by atoms with van der Waals surface area (Å²) in [5.74, 6) is -1.85. The van der Waals surface area contributed by atoms with Crippen molar-refractivity contribution in [3.8, 4) is 0 Å². The normalized spacial score (nSPS) is 12.1. The number of carbonyl (C=O) groups excluding carboxylic acids is 3. The first kappa shape index (κ1) is 21.1. The molecule has 0 aromatic carbocycles. The molecule has 1 amide bonds. The van der Waals surface area contributed by atoms with Crippen LogP contribution in [-0.4, -0.2) is 47.2 Å². The Hall–Kier alpha value is -3.17. The van der Waals surface area contributed by atoms with Crippen molar-refractivity contribution in [3.05, 3.63) is 28.0 Å². The van der Waals surface area contributed by atoms with Gasteiger partial charge in [0.25, 0.3) is 11.5 Å². The quantitative estimate of drug-likeness (QED) is 0.680. The largest absolute Gasteiger partial charge is 0.467 e. The Morgan fingerprint density at radius 1 is 1.32 bits per heavy atom. The van der Waals surface area contributed by atoms with Gasteiger partial charge in [0.15, 0.2) is 6.61 Å². The molecule has 0 radical (unpaired) electrons. The molecule has 2 aromatic rings. The van der Waals surface area contributed by atoms with Crippen molar-refractivity contribution in [2.24, 2.45) is 13.0 Å². The van der Waals surface area contributed by atoms with E-state index in [0.717, 1.165) is 0 Å². The van der Waals surface area contributed by atoms with Gasteiger partial charge in [-0.05, 0) is 19.3 Å². The number of carbonyl (C=O) groups is 3. The van der Waals surface area contributed by atoms with E-state index in [4.69, 9.17) is 9.15 Å². The maximum Gasteiger partial charge on any atom is 0.343 e. The zero-order valence-corrected chi connectivity index (χ0v) is 16.4. The van der Waals surface area contributed by atoms with Crippen molar-refractivity contribution >= 4 is 28.9 Å². The number of hydrogen-bond donors (Lipinski definition) is 1. The second-order valence-corrected chi connectivity index (χ2v) is 6.72. The molecule has 0 bridgehead atoms. The maximum atomic E-state index is 12.4. The van der Waals surface area contributed by atoms with Gasteiger partial charge in [-0.15, -0.1) is 0 Å². The molecule has 0 saturated carbocycles. The van der Waals surface area contributed by atoms with Crippen LogP contribution in [0.5, 0.6) is 0 Å². The maximum absolute atomic E-state index is 12.4. The van der Waals surface area contributed by atoms with E-state index in [0.29, 0.717) is 6.42 Å². The number of hydrogen-bond acceptors (Lipinski definition) is 8. The van der Waals surface area contributed by atoms with Gasteiger partial charge in [-0.25, -0.2) is 14.6 Å². The number of ether oxygens (including phenoxy) is 2. The molecule has 10 heteroatoms. The van der Waals surface area contributed by atoms with Gasteiger partial charge in [0, 0.05) is 7.05 Å². The van der Waals surface area contributed by atoms with Gasteiger partial charge >= 0.3 is 11.9 Å². The molecule has 152 valence electrons. The van der Waals surface area contributed by atoms with Crippen LogP contribution in [0.15, 0.2) is 15.5 Å². The average Bonchev–Trinajstić information content (AvgIpc) is 2.98. The third-order valence-corrected chi connectivity index (χ3v) is 4.01. The monoisotopic (exact) mass is 393 g/mol. The van der Waals surface area contributed by atoms with Gasteiger partial charge in [-0.3, -0.25) is 9.59 Å². The van der Waals surface area contributed by atoms with Gasteiger partial charge in [0.1, 0.15) is 29.1 Å². The fourth-order valence-corrected chi connectivity index (χ4v) is 2.70. The Bertz CT molecular complexity index is 958. The second-order valence-electron chi connectivity index (χ2n) is 6.72. The number of methoxy groups -OCH3 is 1. The standard InChI is InChI=1S/C18H23N3O7/c1-9(2)6-11(17(24)26-5)20-12(22)7-27-18(25)13-10(3)28-15-14(13)16(23)21(4)8-19-15/h8-9,11H,6-7H2,1-5H3,(H,20,22). The molecule has 28 heavy (non-hydrogen) atoms. The lowest BCUT2D eigenvalue weighted by molar-refractivity contribution is -0.145. The van der Waals surface area contributed by atoms with Gasteiger partial charge in [-0.1, -0.05) is 13.8 Å². The molecule has 0 aliphatic carbocycles. The van der Waals surface area contributed by atoms with E-state index in [1.165, 1.54) is 32.0 Å². The minimum absolute atomic E-state index is 0.0136. The highest BCUT2D eigenvalue weighted by Gasteiger charge is 2.26.